The van der Waals surface area contributed by atoms with Gasteiger partial charge in [-0.2, -0.15) is 8.42 Å². The Labute approximate surface area is 214 Å². The molecule has 0 radical (unpaired) electrons. The zero-order chi connectivity index (χ0) is 26.8. The highest BCUT2D eigenvalue weighted by atomic mass is 32.2. The summed E-state index contributed by atoms with van der Waals surface area (Å²) in [4.78, 5) is 2.69. The Bertz CT molecular complexity index is 1160. The summed E-state index contributed by atoms with van der Waals surface area (Å²) in [7, 11) is -3.30. The van der Waals surface area contributed by atoms with E-state index in [2.05, 4.69) is 45.4 Å². The molecule has 0 aliphatic rings. The number of hydrogen-bond acceptors (Lipinski definition) is 6. The average Bonchev–Trinajstić information content (AvgIpc) is 2.84. The number of aliphatic hydroxyl groups is 1. The first-order valence-corrected chi connectivity index (χ1v) is 13.4. The van der Waals surface area contributed by atoms with Crippen molar-refractivity contribution in [2.75, 3.05) is 31.7 Å². The van der Waals surface area contributed by atoms with Crippen LogP contribution in [0.1, 0.15) is 27.8 Å². The number of azide groups is 1. The Balaban J connectivity index is 0.000000274. The Morgan fingerprint density at radius 1 is 0.833 bits per heavy atom. The number of aliphatic hydroxyl groups excluding tert-OH is 1. The summed E-state index contributed by atoms with van der Waals surface area (Å²) >= 11 is 0. The minimum Gasteiger partial charge on any atom is -0.399 e. The third kappa shape index (κ3) is 15.5. The van der Waals surface area contributed by atoms with Crippen LogP contribution in [-0.2, 0) is 33.6 Å². The van der Waals surface area contributed by atoms with Crippen molar-refractivity contribution in [1.29, 1.82) is 0 Å². The molecule has 194 valence electrons. The van der Waals surface area contributed by atoms with Gasteiger partial charge in [-0.3, -0.25) is 4.18 Å². The molecule has 0 amide bonds. The highest BCUT2D eigenvalue weighted by molar-refractivity contribution is 7.85. The second-order valence-corrected chi connectivity index (χ2v) is 9.81. The van der Waals surface area contributed by atoms with Crippen LogP contribution in [-0.4, -0.2) is 39.5 Å². The second kappa shape index (κ2) is 17.1. The Hall–Kier alpha value is -3.36. The van der Waals surface area contributed by atoms with Gasteiger partial charge in [-0.25, -0.2) is 0 Å². The fraction of sp³-hybridized carbons (Fsp3) is 0.333. The number of nitrogens with zero attached hydrogens (tertiary/aromatic N) is 3. The van der Waals surface area contributed by atoms with E-state index < -0.39 is 10.1 Å². The molecule has 0 spiro atoms. The van der Waals surface area contributed by atoms with E-state index in [9.17, 15) is 8.42 Å². The van der Waals surface area contributed by atoms with Gasteiger partial charge in [0.15, 0.2) is 0 Å². The number of anilines is 1. The molecule has 0 saturated carbocycles. The first kappa shape index (κ1) is 30.7. The monoisotopic (exact) mass is 512 g/mol. The Morgan fingerprint density at radius 3 is 1.72 bits per heavy atom. The summed E-state index contributed by atoms with van der Waals surface area (Å²) in [5.41, 5.74) is 20.1. The van der Waals surface area contributed by atoms with E-state index in [1.165, 1.54) is 16.7 Å². The predicted octanol–water partition coefficient (Wildman–Crippen LogP) is 5.17. The molecule has 0 unspecified atom stereocenters. The van der Waals surface area contributed by atoms with Crippen LogP contribution in [0.15, 0.2) is 77.9 Å². The summed E-state index contributed by atoms with van der Waals surface area (Å²) in [5, 5.41) is 12.0. The Morgan fingerprint density at radius 2 is 1.28 bits per heavy atom. The molecule has 3 rings (SSSR count). The van der Waals surface area contributed by atoms with Gasteiger partial charge in [0.05, 0.1) is 12.9 Å². The van der Waals surface area contributed by atoms with E-state index in [-0.39, 0.29) is 13.2 Å². The normalized spacial score (nSPS) is 10.2. The first-order valence-electron chi connectivity index (χ1n) is 11.5. The van der Waals surface area contributed by atoms with Gasteiger partial charge in [0.1, 0.15) is 0 Å². The minimum absolute atomic E-state index is 0.198. The third-order valence-corrected chi connectivity index (χ3v) is 5.47. The number of nitrogens with two attached hydrogens (primary N) is 1. The van der Waals surface area contributed by atoms with Crippen molar-refractivity contribution in [3.05, 3.63) is 111 Å². The highest BCUT2D eigenvalue weighted by Gasteiger charge is 2.01. The lowest BCUT2D eigenvalue weighted by Gasteiger charge is -2.02. The van der Waals surface area contributed by atoms with Crippen molar-refractivity contribution in [2.24, 2.45) is 5.11 Å². The summed E-state index contributed by atoms with van der Waals surface area (Å²) in [5.74, 6) is 0. The fourth-order valence-electron chi connectivity index (χ4n) is 2.86. The molecule has 0 saturated heterocycles. The van der Waals surface area contributed by atoms with Crippen LogP contribution in [0.4, 0.5) is 5.69 Å². The SMILES string of the molecule is Cc1ccc(CCN=[N+]=[N-])cc1.Cc1ccc(CCOS(C)(=O)=O)cc1.Nc1ccc(CCO)cc1. The van der Waals surface area contributed by atoms with Gasteiger partial charge in [-0.15, -0.1) is 0 Å². The summed E-state index contributed by atoms with van der Waals surface area (Å²) in [6, 6.07) is 23.7. The summed E-state index contributed by atoms with van der Waals surface area (Å²) in [6.45, 7) is 5.01. The summed E-state index contributed by atoms with van der Waals surface area (Å²) in [6.07, 6.45) is 3.21. The molecule has 9 heteroatoms. The van der Waals surface area contributed by atoms with Gasteiger partial charge in [0, 0.05) is 23.8 Å². The third-order valence-electron chi connectivity index (χ3n) is 4.87. The van der Waals surface area contributed by atoms with Crippen molar-refractivity contribution < 1.29 is 17.7 Å². The number of benzene rings is 3. The number of aryl methyl sites for hydroxylation is 2. The standard InChI is InChI=1S/C10H14O3S.C9H11N3.C8H11NO/c1-9-3-5-10(6-4-9)7-8-13-14(2,11)12;1-8-2-4-9(5-3-8)6-7-11-12-10;9-8-3-1-7(2-4-8)5-6-10/h3-6H,7-8H2,1-2H3;2-5H,6-7H2,1H3;1-4,10H,5-6,9H2. The van der Waals surface area contributed by atoms with Crippen LogP contribution in [0.5, 0.6) is 0 Å². The van der Waals surface area contributed by atoms with E-state index in [0.717, 1.165) is 29.5 Å². The predicted molar refractivity (Wildman–Crippen MR) is 146 cm³/mol. The summed E-state index contributed by atoms with van der Waals surface area (Å²) < 4.78 is 25.9. The van der Waals surface area contributed by atoms with Crippen molar-refractivity contribution in [2.45, 2.75) is 33.1 Å². The van der Waals surface area contributed by atoms with Crippen LogP contribution >= 0.6 is 0 Å². The van der Waals surface area contributed by atoms with Gasteiger partial charge in [0.2, 0.25) is 0 Å². The molecule has 3 N–H and O–H groups in total. The fourth-order valence-corrected chi connectivity index (χ4v) is 3.24. The van der Waals surface area contributed by atoms with Gasteiger partial charge in [0.25, 0.3) is 10.1 Å². The van der Waals surface area contributed by atoms with E-state index in [1.807, 2.05) is 55.5 Å². The molecule has 0 aliphatic carbocycles. The van der Waals surface area contributed by atoms with Crippen LogP contribution < -0.4 is 5.73 Å². The van der Waals surface area contributed by atoms with Crippen molar-refractivity contribution in [3.63, 3.8) is 0 Å². The molecule has 0 fully saturated rings. The molecule has 0 bridgehead atoms. The minimum atomic E-state index is -3.30. The van der Waals surface area contributed by atoms with Gasteiger partial charge in [-0.05, 0) is 67.5 Å². The lowest BCUT2D eigenvalue weighted by molar-refractivity contribution is 0.299. The van der Waals surface area contributed by atoms with E-state index in [4.69, 9.17) is 16.4 Å². The van der Waals surface area contributed by atoms with Gasteiger partial charge >= 0.3 is 0 Å². The lowest BCUT2D eigenvalue weighted by Crippen LogP contribution is -2.06. The molecule has 0 aliphatic heterocycles. The molecule has 8 nitrogen and oxygen atoms in total. The van der Waals surface area contributed by atoms with Gasteiger partial charge < -0.3 is 10.8 Å². The number of nitrogen functional groups attached to an aromatic ring is 1. The number of hydrogen-bond donors (Lipinski definition) is 2. The smallest absolute Gasteiger partial charge is 0.264 e. The van der Waals surface area contributed by atoms with Crippen LogP contribution in [0.3, 0.4) is 0 Å². The van der Waals surface area contributed by atoms with E-state index in [0.29, 0.717) is 19.4 Å². The molecule has 3 aromatic rings. The average molecular weight is 513 g/mol. The molecule has 0 atom stereocenters. The molecule has 0 aromatic heterocycles. The maximum absolute atomic E-state index is 10.7. The molecule has 36 heavy (non-hydrogen) atoms. The molecule has 0 heterocycles. The molecule has 3 aromatic carbocycles. The zero-order valence-electron chi connectivity index (χ0n) is 21.2. The quantitative estimate of drug-likeness (QED) is 0.134. The number of rotatable bonds is 9. The lowest BCUT2D eigenvalue weighted by atomic mass is 10.1. The maximum Gasteiger partial charge on any atom is 0.264 e. The van der Waals surface area contributed by atoms with Crippen molar-refractivity contribution in [3.8, 4) is 0 Å². The molecular weight excluding hydrogens is 476 g/mol. The zero-order valence-corrected chi connectivity index (χ0v) is 22.0. The molecular formula is C27H36N4O4S. The largest absolute Gasteiger partial charge is 0.399 e. The second-order valence-electron chi connectivity index (χ2n) is 8.17. The van der Waals surface area contributed by atoms with E-state index in [1.54, 1.807) is 0 Å². The Kier molecular flexibility index (Phi) is 14.6. The van der Waals surface area contributed by atoms with Gasteiger partial charge in [-0.1, -0.05) is 76.9 Å². The highest BCUT2D eigenvalue weighted by Crippen LogP contribution is 2.06. The maximum atomic E-state index is 10.7. The van der Waals surface area contributed by atoms with Crippen molar-refractivity contribution >= 4 is 15.8 Å². The van der Waals surface area contributed by atoms with E-state index >= 15 is 0 Å². The topological polar surface area (TPSA) is 138 Å². The van der Waals surface area contributed by atoms with Crippen molar-refractivity contribution in [1.82, 2.24) is 0 Å². The van der Waals surface area contributed by atoms with Crippen LogP contribution in [0, 0.1) is 13.8 Å². The first-order chi connectivity index (χ1) is 17.1. The van der Waals surface area contributed by atoms with Crippen LogP contribution in [0.2, 0.25) is 0 Å². The van der Waals surface area contributed by atoms with Crippen LogP contribution in [0.25, 0.3) is 10.4 Å².